The minimum atomic E-state index is -0.676. The molecule has 0 amide bonds. The maximum atomic E-state index is 10.8. The minimum Gasteiger partial charge on any atom is -0.481 e. The average molecular weight is 302 g/mol. The molecule has 4 nitrogen and oxygen atoms in total. The first-order valence-corrected chi connectivity index (χ1v) is 8.21. The van der Waals surface area contributed by atoms with Crippen LogP contribution in [-0.2, 0) is 10.5 Å². The Bertz CT molecular complexity index is 620. The second-order valence-corrected chi connectivity index (χ2v) is 6.68. The van der Waals surface area contributed by atoms with E-state index in [1.54, 1.807) is 0 Å². The van der Waals surface area contributed by atoms with Crippen LogP contribution < -0.4 is 0 Å². The Morgan fingerprint density at radius 1 is 1.33 bits per heavy atom. The smallest absolute Gasteiger partial charge is 0.303 e. The van der Waals surface area contributed by atoms with E-state index in [-0.39, 0.29) is 5.41 Å². The maximum absolute atomic E-state index is 10.8. The molecule has 21 heavy (non-hydrogen) atoms. The summed E-state index contributed by atoms with van der Waals surface area (Å²) < 4.78 is 1.88. The first-order valence-electron chi connectivity index (χ1n) is 7.05. The number of rotatable bonds is 7. The van der Waals surface area contributed by atoms with E-state index in [0.717, 1.165) is 30.0 Å². The molecule has 0 saturated heterocycles. The van der Waals surface area contributed by atoms with Gasteiger partial charge in [-0.25, -0.2) is 4.68 Å². The number of nitrogens with zero attached hydrogens (tertiary/aromatic N) is 2. The van der Waals surface area contributed by atoms with Crippen LogP contribution in [0.25, 0.3) is 5.69 Å². The van der Waals surface area contributed by atoms with E-state index in [1.165, 1.54) is 5.56 Å². The molecule has 110 valence electrons. The monoisotopic (exact) mass is 302 g/mol. The van der Waals surface area contributed by atoms with Gasteiger partial charge in [0.25, 0.3) is 0 Å². The van der Waals surface area contributed by atoms with E-state index in [2.05, 4.69) is 5.10 Å². The van der Waals surface area contributed by atoms with Gasteiger partial charge in [-0.1, -0.05) is 18.2 Å². The molecule has 0 bridgehead atoms. The zero-order valence-corrected chi connectivity index (χ0v) is 12.6. The summed E-state index contributed by atoms with van der Waals surface area (Å²) in [6.45, 7) is 0. The summed E-state index contributed by atoms with van der Waals surface area (Å²) in [4.78, 5) is 10.8. The molecule has 0 spiro atoms. The van der Waals surface area contributed by atoms with Crippen LogP contribution in [0.3, 0.4) is 0 Å². The number of carboxylic acid groups (broad SMARTS) is 1. The average Bonchev–Trinajstić information content (AvgIpc) is 3.05. The summed E-state index contributed by atoms with van der Waals surface area (Å²) >= 11 is 1.81. The molecule has 0 radical (unpaired) electrons. The fourth-order valence-corrected chi connectivity index (χ4v) is 3.72. The second kappa shape index (κ2) is 5.93. The van der Waals surface area contributed by atoms with Crippen LogP contribution >= 0.6 is 11.8 Å². The van der Waals surface area contributed by atoms with Gasteiger partial charge in [-0.2, -0.15) is 16.9 Å². The third-order valence-electron chi connectivity index (χ3n) is 3.82. The van der Waals surface area contributed by atoms with E-state index < -0.39 is 5.97 Å². The van der Waals surface area contributed by atoms with Gasteiger partial charge in [0.05, 0.1) is 18.3 Å². The summed E-state index contributed by atoms with van der Waals surface area (Å²) in [6, 6.07) is 10.0. The van der Waals surface area contributed by atoms with Crippen molar-refractivity contribution in [2.75, 3.05) is 5.75 Å². The van der Waals surface area contributed by atoms with Crippen molar-refractivity contribution in [3.05, 3.63) is 48.3 Å². The van der Waals surface area contributed by atoms with Gasteiger partial charge < -0.3 is 5.11 Å². The lowest BCUT2D eigenvalue weighted by Crippen LogP contribution is -2.11. The number of thioether (sulfide) groups is 1. The number of para-hydroxylation sites is 1. The standard InChI is InChI=1S/C16H18N2O2S/c19-15(20)8-16(6-7-16)12-21-11-13-9-17-18(10-13)14-4-2-1-3-5-14/h1-5,9-10H,6-8,11-12H2,(H,19,20). The summed E-state index contributed by atoms with van der Waals surface area (Å²) in [6.07, 6.45) is 6.34. The molecule has 2 aromatic rings. The highest BCUT2D eigenvalue weighted by atomic mass is 32.2. The van der Waals surface area contributed by atoms with Crippen LogP contribution in [-0.4, -0.2) is 26.6 Å². The van der Waals surface area contributed by atoms with Crippen molar-refractivity contribution < 1.29 is 9.90 Å². The Balaban J connectivity index is 1.53. The number of aliphatic carboxylic acids is 1. The van der Waals surface area contributed by atoms with Crippen molar-refractivity contribution in [2.45, 2.75) is 25.0 Å². The van der Waals surface area contributed by atoms with Crippen molar-refractivity contribution in [3.63, 3.8) is 0 Å². The highest BCUT2D eigenvalue weighted by molar-refractivity contribution is 7.98. The lowest BCUT2D eigenvalue weighted by atomic mass is 10.1. The van der Waals surface area contributed by atoms with Crippen LogP contribution in [0.5, 0.6) is 0 Å². The quantitative estimate of drug-likeness (QED) is 0.852. The van der Waals surface area contributed by atoms with Crippen LogP contribution in [0.1, 0.15) is 24.8 Å². The van der Waals surface area contributed by atoms with Gasteiger partial charge in [0, 0.05) is 17.5 Å². The molecule has 3 rings (SSSR count). The van der Waals surface area contributed by atoms with E-state index >= 15 is 0 Å². The number of aromatic nitrogens is 2. The number of hydrogen-bond acceptors (Lipinski definition) is 3. The van der Waals surface area contributed by atoms with Crippen molar-refractivity contribution >= 4 is 17.7 Å². The molecule has 1 fully saturated rings. The highest BCUT2D eigenvalue weighted by Crippen LogP contribution is 2.51. The molecule has 1 aliphatic rings. The van der Waals surface area contributed by atoms with Gasteiger partial charge in [-0.05, 0) is 36.1 Å². The Hall–Kier alpha value is -1.75. The SMILES string of the molecule is O=C(O)CC1(CSCc2cnn(-c3ccccc3)c2)CC1. The summed E-state index contributed by atoms with van der Waals surface area (Å²) in [7, 11) is 0. The summed E-state index contributed by atoms with van der Waals surface area (Å²) in [5.41, 5.74) is 2.29. The Morgan fingerprint density at radius 2 is 2.10 bits per heavy atom. The number of hydrogen-bond donors (Lipinski definition) is 1. The molecule has 1 aromatic heterocycles. The lowest BCUT2D eigenvalue weighted by molar-refractivity contribution is -0.138. The Morgan fingerprint density at radius 3 is 2.76 bits per heavy atom. The normalized spacial score (nSPS) is 15.8. The fraction of sp³-hybridized carbons (Fsp3) is 0.375. The number of carbonyl (C=O) groups is 1. The molecule has 0 atom stereocenters. The third-order valence-corrected chi connectivity index (χ3v) is 5.17. The van der Waals surface area contributed by atoms with Crippen LogP contribution in [0.15, 0.2) is 42.7 Å². The van der Waals surface area contributed by atoms with E-state index in [0.29, 0.717) is 6.42 Å². The topological polar surface area (TPSA) is 55.1 Å². The summed E-state index contributed by atoms with van der Waals surface area (Å²) in [5, 5.41) is 13.3. The number of benzene rings is 1. The van der Waals surface area contributed by atoms with Gasteiger partial charge >= 0.3 is 5.97 Å². The molecule has 0 unspecified atom stereocenters. The number of carboxylic acids is 1. The van der Waals surface area contributed by atoms with Crippen molar-refractivity contribution in [1.29, 1.82) is 0 Å². The molecular formula is C16H18N2O2S. The van der Waals surface area contributed by atoms with Crippen LogP contribution in [0.4, 0.5) is 0 Å². The first-order chi connectivity index (χ1) is 10.2. The maximum Gasteiger partial charge on any atom is 0.303 e. The van der Waals surface area contributed by atoms with Gasteiger partial charge in [0.2, 0.25) is 0 Å². The zero-order chi connectivity index (χ0) is 14.7. The van der Waals surface area contributed by atoms with Crippen molar-refractivity contribution in [1.82, 2.24) is 9.78 Å². The van der Waals surface area contributed by atoms with Gasteiger partial charge in [-0.15, -0.1) is 0 Å². The predicted octanol–water partition coefficient (Wildman–Crippen LogP) is 3.36. The van der Waals surface area contributed by atoms with E-state index in [1.807, 2.05) is 59.2 Å². The Labute approximate surface area is 128 Å². The largest absolute Gasteiger partial charge is 0.481 e. The second-order valence-electron chi connectivity index (χ2n) is 5.69. The molecule has 5 heteroatoms. The first kappa shape index (κ1) is 14.2. The van der Waals surface area contributed by atoms with Crippen LogP contribution in [0, 0.1) is 5.41 Å². The lowest BCUT2D eigenvalue weighted by Gasteiger charge is -2.10. The van der Waals surface area contributed by atoms with Gasteiger partial charge in [-0.3, -0.25) is 4.79 Å². The van der Waals surface area contributed by atoms with E-state index in [9.17, 15) is 4.79 Å². The third kappa shape index (κ3) is 3.67. The molecule has 1 aromatic carbocycles. The van der Waals surface area contributed by atoms with Crippen molar-refractivity contribution in [2.24, 2.45) is 5.41 Å². The molecule has 1 aliphatic carbocycles. The molecule has 1 saturated carbocycles. The molecule has 0 aliphatic heterocycles. The minimum absolute atomic E-state index is 0.0614. The van der Waals surface area contributed by atoms with Crippen molar-refractivity contribution in [3.8, 4) is 5.69 Å². The molecule has 1 heterocycles. The van der Waals surface area contributed by atoms with E-state index in [4.69, 9.17) is 5.11 Å². The Kier molecular flexibility index (Phi) is 4.01. The summed E-state index contributed by atoms with van der Waals surface area (Å²) in [5.74, 6) is 1.13. The van der Waals surface area contributed by atoms with Crippen LogP contribution in [0.2, 0.25) is 0 Å². The fourth-order valence-electron chi connectivity index (χ4n) is 2.41. The highest BCUT2D eigenvalue weighted by Gasteiger charge is 2.43. The van der Waals surface area contributed by atoms with Gasteiger partial charge in [0.15, 0.2) is 0 Å². The molecule has 1 N–H and O–H groups in total. The van der Waals surface area contributed by atoms with Gasteiger partial charge in [0.1, 0.15) is 0 Å². The zero-order valence-electron chi connectivity index (χ0n) is 11.7. The molecular weight excluding hydrogens is 284 g/mol. The predicted molar refractivity (Wildman–Crippen MR) is 83.6 cm³/mol.